The van der Waals surface area contributed by atoms with Crippen molar-refractivity contribution in [2.45, 2.75) is 45.3 Å². The Morgan fingerprint density at radius 1 is 1.31 bits per heavy atom. The first-order chi connectivity index (χ1) is 12.1. The van der Waals surface area contributed by atoms with Crippen molar-refractivity contribution in [1.82, 2.24) is 15.6 Å². The van der Waals surface area contributed by atoms with Crippen LogP contribution in [0.15, 0.2) is 22.8 Å². The van der Waals surface area contributed by atoms with Crippen LogP contribution in [0.1, 0.15) is 44.1 Å². The molecule has 0 unspecified atom stereocenters. The highest BCUT2D eigenvalue weighted by Gasteiger charge is 2.20. The Balaban J connectivity index is 2.37. The van der Waals surface area contributed by atoms with Crippen LogP contribution in [-0.4, -0.2) is 47.6 Å². The number of nitrogens with one attached hydrogen (secondary N) is 2. The second-order valence-corrected chi connectivity index (χ2v) is 7.39. The Bertz CT molecular complexity index is 649. The lowest BCUT2D eigenvalue weighted by molar-refractivity contribution is -0.121. The predicted octanol–water partition coefficient (Wildman–Crippen LogP) is 2.79. The molecule has 0 saturated carbocycles. The largest absolute Gasteiger partial charge is 0.444 e. The highest BCUT2D eigenvalue weighted by atomic mass is 79.9. The molecule has 7 nitrogen and oxygen atoms in total. The standard InChI is InChI=1S/C17H23BrFN3O4/c1-17(2,3)26-16(25)21-11(9-19)7-8-15(24)20-10-13(23)12-5-4-6-14(18)22-12/h4-6,11H,7-10H2,1-3H3,(H,20,24)(H,21,25)/t11-/m1/s1. The molecule has 0 aromatic carbocycles. The number of alkyl carbamates (subject to hydrolysis) is 1. The molecule has 0 aliphatic carbocycles. The fourth-order valence-corrected chi connectivity index (χ4v) is 2.23. The van der Waals surface area contributed by atoms with Crippen molar-refractivity contribution in [2.75, 3.05) is 13.2 Å². The zero-order valence-corrected chi connectivity index (χ0v) is 16.6. The summed E-state index contributed by atoms with van der Waals surface area (Å²) in [5, 5.41) is 4.84. The number of hydrogen-bond acceptors (Lipinski definition) is 5. The maximum Gasteiger partial charge on any atom is 0.407 e. The van der Waals surface area contributed by atoms with Gasteiger partial charge < -0.3 is 15.4 Å². The molecule has 0 aliphatic heterocycles. The van der Waals surface area contributed by atoms with E-state index in [0.29, 0.717) is 4.60 Å². The summed E-state index contributed by atoms with van der Waals surface area (Å²) < 4.78 is 18.6. The van der Waals surface area contributed by atoms with Gasteiger partial charge in [0.25, 0.3) is 0 Å². The first-order valence-electron chi connectivity index (χ1n) is 8.08. The van der Waals surface area contributed by atoms with Crippen LogP contribution in [0.2, 0.25) is 0 Å². The topological polar surface area (TPSA) is 97.4 Å². The van der Waals surface area contributed by atoms with E-state index in [-0.39, 0.29) is 30.9 Å². The lowest BCUT2D eigenvalue weighted by Gasteiger charge is -2.22. The van der Waals surface area contributed by atoms with Crippen molar-refractivity contribution in [3.63, 3.8) is 0 Å². The molecule has 0 radical (unpaired) electrons. The zero-order chi connectivity index (χ0) is 19.7. The molecule has 26 heavy (non-hydrogen) atoms. The number of carbonyl (C=O) groups excluding carboxylic acids is 3. The molecule has 1 rings (SSSR count). The van der Waals surface area contributed by atoms with Gasteiger partial charge in [0, 0.05) is 6.42 Å². The van der Waals surface area contributed by atoms with E-state index in [1.165, 1.54) is 0 Å². The molecular formula is C17H23BrFN3O4. The molecule has 1 atom stereocenters. The van der Waals surface area contributed by atoms with Gasteiger partial charge in [-0.1, -0.05) is 6.07 Å². The second-order valence-electron chi connectivity index (χ2n) is 6.58. The van der Waals surface area contributed by atoms with E-state index in [9.17, 15) is 18.8 Å². The Morgan fingerprint density at radius 2 is 2.00 bits per heavy atom. The molecular weight excluding hydrogens is 409 g/mol. The molecule has 2 N–H and O–H groups in total. The summed E-state index contributed by atoms with van der Waals surface area (Å²) in [6, 6.07) is 4.06. The van der Waals surface area contributed by atoms with Crippen molar-refractivity contribution in [3.05, 3.63) is 28.5 Å². The fourth-order valence-electron chi connectivity index (χ4n) is 1.89. The highest BCUT2D eigenvalue weighted by Crippen LogP contribution is 2.08. The summed E-state index contributed by atoms with van der Waals surface area (Å²) in [7, 11) is 0. The van der Waals surface area contributed by atoms with Crippen LogP contribution >= 0.6 is 15.9 Å². The minimum Gasteiger partial charge on any atom is -0.444 e. The maximum absolute atomic E-state index is 13.0. The first-order valence-corrected chi connectivity index (χ1v) is 8.88. The van der Waals surface area contributed by atoms with E-state index in [2.05, 4.69) is 31.5 Å². The Morgan fingerprint density at radius 3 is 2.58 bits per heavy atom. The van der Waals surface area contributed by atoms with E-state index < -0.39 is 30.3 Å². The Hall–Kier alpha value is -2.03. The van der Waals surface area contributed by atoms with Crippen LogP contribution in [0.25, 0.3) is 0 Å². The molecule has 1 heterocycles. The van der Waals surface area contributed by atoms with Gasteiger partial charge in [-0.05, 0) is 55.3 Å². The van der Waals surface area contributed by atoms with Gasteiger partial charge in [0.1, 0.15) is 22.6 Å². The van der Waals surface area contributed by atoms with E-state index in [1.54, 1.807) is 39.0 Å². The quantitative estimate of drug-likeness (QED) is 0.487. The third-order valence-electron chi connectivity index (χ3n) is 3.07. The van der Waals surface area contributed by atoms with Crippen LogP contribution in [0.4, 0.5) is 9.18 Å². The highest BCUT2D eigenvalue weighted by molar-refractivity contribution is 9.10. The average molecular weight is 432 g/mol. The molecule has 1 aromatic heterocycles. The summed E-state index contributed by atoms with van der Waals surface area (Å²) in [6.07, 6.45) is -0.689. The van der Waals surface area contributed by atoms with E-state index in [0.717, 1.165) is 0 Å². The number of nitrogens with zero attached hydrogens (tertiary/aromatic N) is 1. The SMILES string of the molecule is CC(C)(C)OC(=O)N[C@@H](CF)CCC(=O)NCC(=O)c1cccc(Br)n1. The molecule has 0 bridgehead atoms. The number of Topliss-reactive ketones (excluding diaryl/α,β-unsaturated/α-hetero) is 1. The van der Waals surface area contributed by atoms with Crippen molar-refractivity contribution in [1.29, 1.82) is 0 Å². The number of ether oxygens (including phenoxy) is 1. The van der Waals surface area contributed by atoms with Crippen LogP contribution < -0.4 is 10.6 Å². The molecule has 0 fully saturated rings. The lowest BCUT2D eigenvalue weighted by atomic mass is 10.1. The summed E-state index contributed by atoms with van der Waals surface area (Å²) in [6.45, 7) is 4.06. The summed E-state index contributed by atoms with van der Waals surface area (Å²) in [4.78, 5) is 39.4. The number of ketones is 1. The molecule has 2 amide bonds. The number of aromatic nitrogens is 1. The van der Waals surface area contributed by atoms with Crippen LogP contribution in [0, 0.1) is 0 Å². The van der Waals surface area contributed by atoms with Crippen molar-refractivity contribution in [2.24, 2.45) is 0 Å². The van der Waals surface area contributed by atoms with Gasteiger partial charge in [-0.2, -0.15) is 0 Å². The summed E-state index contributed by atoms with van der Waals surface area (Å²) in [5.74, 6) is -0.758. The summed E-state index contributed by atoms with van der Waals surface area (Å²) >= 11 is 3.17. The lowest BCUT2D eigenvalue weighted by Crippen LogP contribution is -2.41. The van der Waals surface area contributed by atoms with Gasteiger partial charge in [0.05, 0.1) is 12.6 Å². The molecule has 144 valence electrons. The van der Waals surface area contributed by atoms with Gasteiger partial charge in [0.15, 0.2) is 5.78 Å². The predicted molar refractivity (Wildman–Crippen MR) is 97.6 cm³/mol. The number of pyridine rings is 1. The van der Waals surface area contributed by atoms with Crippen molar-refractivity contribution in [3.8, 4) is 0 Å². The van der Waals surface area contributed by atoms with Gasteiger partial charge in [-0.25, -0.2) is 14.2 Å². The van der Waals surface area contributed by atoms with Gasteiger partial charge in [0.2, 0.25) is 5.91 Å². The molecule has 0 aliphatic rings. The van der Waals surface area contributed by atoms with Gasteiger partial charge in [-0.15, -0.1) is 0 Å². The number of hydrogen-bond donors (Lipinski definition) is 2. The maximum atomic E-state index is 13.0. The number of carbonyl (C=O) groups is 3. The van der Waals surface area contributed by atoms with Crippen molar-refractivity contribution < 1.29 is 23.5 Å². The second kappa shape index (κ2) is 10.2. The molecule has 9 heteroatoms. The van der Waals surface area contributed by atoms with Crippen LogP contribution in [0.5, 0.6) is 0 Å². The number of amides is 2. The smallest absolute Gasteiger partial charge is 0.407 e. The summed E-state index contributed by atoms with van der Waals surface area (Å²) in [5.41, 5.74) is -0.462. The van der Waals surface area contributed by atoms with Gasteiger partial charge >= 0.3 is 6.09 Å². The van der Waals surface area contributed by atoms with Gasteiger partial charge in [-0.3, -0.25) is 9.59 Å². The first kappa shape index (κ1) is 22.0. The minimum atomic E-state index is -0.835. The number of halogens is 2. The van der Waals surface area contributed by atoms with E-state index in [4.69, 9.17) is 4.74 Å². The monoisotopic (exact) mass is 431 g/mol. The minimum absolute atomic E-state index is 0.0381. The van der Waals surface area contributed by atoms with Crippen molar-refractivity contribution >= 4 is 33.7 Å². The zero-order valence-electron chi connectivity index (χ0n) is 15.0. The fraction of sp³-hybridized carbons (Fsp3) is 0.529. The molecule has 0 saturated heterocycles. The number of rotatable bonds is 8. The van der Waals surface area contributed by atoms with E-state index in [1.807, 2.05) is 0 Å². The molecule has 0 spiro atoms. The van der Waals surface area contributed by atoms with E-state index >= 15 is 0 Å². The normalized spacial score (nSPS) is 12.2. The number of alkyl halides is 1. The molecule has 1 aromatic rings. The van der Waals surface area contributed by atoms with Crippen LogP contribution in [0.3, 0.4) is 0 Å². The Kier molecular flexibility index (Phi) is 8.64. The third-order valence-corrected chi connectivity index (χ3v) is 3.52. The van der Waals surface area contributed by atoms with Crippen LogP contribution in [-0.2, 0) is 9.53 Å². The Labute approximate surface area is 160 Å². The average Bonchev–Trinajstić information content (AvgIpc) is 2.54. The third kappa shape index (κ3) is 8.89.